The first-order valence-corrected chi connectivity index (χ1v) is 16.4. The molecule has 0 unspecified atom stereocenters. The predicted octanol–water partition coefficient (Wildman–Crippen LogP) is 8.09. The summed E-state index contributed by atoms with van der Waals surface area (Å²) in [5.41, 5.74) is 4.37. The highest BCUT2D eigenvalue weighted by atomic mass is 16.5. The second-order valence-corrected chi connectivity index (χ2v) is 11.9. The van der Waals surface area contributed by atoms with Crippen LogP contribution < -0.4 is 30.2 Å². The Morgan fingerprint density at radius 1 is 0.714 bits per heavy atom. The maximum atomic E-state index is 13.4. The molecule has 0 heterocycles. The highest BCUT2D eigenvalue weighted by molar-refractivity contribution is 6.06. The quantitative estimate of drug-likeness (QED) is 0.0763. The lowest BCUT2D eigenvalue weighted by Crippen LogP contribution is -2.15. The van der Waals surface area contributed by atoms with Crippen molar-refractivity contribution in [2.75, 3.05) is 36.3 Å². The zero-order valence-corrected chi connectivity index (χ0v) is 28.8. The molecule has 0 radical (unpaired) electrons. The summed E-state index contributed by atoms with van der Waals surface area (Å²) in [7, 11) is 1.34. The molecule has 2 amide bonds. The first-order chi connectivity index (χ1) is 23.7. The van der Waals surface area contributed by atoms with Crippen molar-refractivity contribution in [1.29, 1.82) is 0 Å². The van der Waals surface area contributed by atoms with Crippen LogP contribution >= 0.6 is 0 Å². The zero-order valence-electron chi connectivity index (χ0n) is 28.8. The monoisotopic (exact) mass is 667 g/mol. The predicted molar refractivity (Wildman–Crippen MR) is 192 cm³/mol. The van der Waals surface area contributed by atoms with E-state index in [1.54, 1.807) is 36.4 Å². The Kier molecular flexibility index (Phi) is 13.5. The number of rotatable bonds is 17. The lowest BCUT2D eigenvalue weighted by atomic mass is 10.1. The Hall–Kier alpha value is -5.51. The normalized spacial score (nSPS) is 10.7. The van der Waals surface area contributed by atoms with Gasteiger partial charge in [-0.2, -0.15) is 0 Å². The number of amides is 2. The van der Waals surface area contributed by atoms with E-state index in [-0.39, 0.29) is 17.7 Å². The van der Waals surface area contributed by atoms with E-state index in [2.05, 4.69) is 22.9 Å². The molecule has 10 heteroatoms. The maximum Gasteiger partial charge on any atom is 0.337 e. The Balaban J connectivity index is 1.53. The first kappa shape index (κ1) is 36.3. The zero-order chi connectivity index (χ0) is 35.2. The molecule has 0 aromatic heterocycles. The molecule has 0 fully saturated rings. The standard InChI is InChI=1S/C39H45N3O7/c1-6-7-19-47-35-20-29(23-40-32-17-15-31(39(45)46-5)22-36(32)49-25-28-11-9-8-10-12-28)13-16-34(35)42-38(44)30-14-18-33(41-27(4)43)37(21-30)48-24-26(2)3/h8-18,20-22,26,40H,6-7,19,23-25H2,1-5H3,(H,41,43)(H,42,44). The lowest BCUT2D eigenvalue weighted by Gasteiger charge is -2.17. The Bertz CT molecular complexity index is 1720. The van der Waals surface area contributed by atoms with Gasteiger partial charge in [0.25, 0.3) is 5.91 Å². The van der Waals surface area contributed by atoms with Crippen molar-refractivity contribution in [3.05, 3.63) is 107 Å². The second-order valence-electron chi connectivity index (χ2n) is 11.9. The van der Waals surface area contributed by atoms with Gasteiger partial charge in [0.1, 0.15) is 23.9 Å². The minimum Gasteiger partial charge on any atom is -0.491 e. The number of unbranched alkanes of at least 4 members (excludes halogenated alkanes) is 1. The molecule has 258 valence electrons. The molecule has 0 aliphatic heterocycles. The lowest BCUT2D eigenvalue weighted by molar-refractivity contribution is -0.114. The van der Waals surface area contributed by atoms with Gasteiger partial charge in [-0.3, -0.25) is 9.59 Å². The topological polar surface area (TPSA) is 124 Å². The summed E-state index contributed by atoms with van der Waals surface area (Å²) in [6.07, 6.45) is 1.81. The fourth-order valence-corrected chi connectivity index (χ4v) is 4.72. The number of benzene rings is 4. The van der Waals surface area contributed by atoms with Gasteiger partial charge >= 0.3 is 5.97 Å². The van der Waals surface area contributed by atoms with Crippen LogP contribution in [0.4, 0.5) is 17.1 Å². The van der Waals surface area contributed by atoms with Crippen LogP contribution in [0, 0.1) is 5.92 Å². The van der Waals surface area contributed by atoms with E-state index < -0.39 is 5.97 Å². The minimum atomic E-state index is -0.453. The van der Waals surface area contributed by atoms with Gasteiger partial charge in [-0.15, -0.1) is 0 Å². The number of carbonyl (C=O) groups excluding carboxylic acids is 3. The van der Waals surface area contributed by atoms with Crippen molar-refractivity contribution in [1.82, 2.24) is 0 Å². The maximum absolute atomic E-state index is 13.4. The van der Waals surface area contributed by atoms with E-state index in [0.29, 0.717) is 71.8 Å². The number of anilines is 3. The van der Waals surface area contributed by atoms with Crippen LogP contribution in [0.5, 0.6) is 17.2 Å². The summed E-state index contributed by atoms with van der Waals surface area (Å²) in [4.78, 5) is 37.4. The highest BCUT2D eigenvalue weighted by Gasteiger charge is 2.16. The van der Waals surface area contributed by atoms with Crippen LogP contribution in [0.3, 0.4) is 0 Å². The van der Waals surface area contributed by atoms with E-state index in [4.69, 9.17) is 18.9 Å². The Labute approximate surface area is 288 Å². The average Bonchev–Trinajstić information content (AvgIpc) is 3.10. The summed E-state index contributed by atoms with van der Waals surface area (Å²) in [6.45, 7) is 9.20. The third-order valence-corrected chi connectivity index (χ3v) is 7.30. The number of hydrogen-bond donors (Lipinski definition) is 3. The first-order valence-electron chi connectivity index (χ1n) is 16.4. The van der Waals surface area contributed by atoms with E-state index in [1.165, 1.54) is 14.0 Å². The van der Waals surface area contributed by atoms with Gasteiger partial charge in [-0.05, 0) is 72.0 Å². The molecular weight excluding hydrogens is 622 g/mol. The van der Waals surface area contributed by atoms with Crippen molar-refractivity contribution < 1.29 is 33.3 Å². The molecule has 10 nitrogen and oxygen atoms in total. The van der Waals surface area contributed by atoms with Crippen LogP contribution in [-0.2, 0) is 22.7 Å². The molecule has 49 heavy (non-hydrogen) atoms. The van der Waals surface area contributed by atoms with Crippen LogP contribution in [0.25, 0.3) is 0 Å². The van der Waals surface area contributed by atoms with Crippen LogP contribution in [-0.4, -0.2) is 38.1 Å². The summed E-state index contributed by atoms with van der Waals surface area (Å²) in [5.74, 6) is 0.691. The molecule has 4 aromatic rings. The van der Waals surface area contributed by atoms with E-state index in [9.17, 15) is 14.4 Å². The molecule has 0 saturated heterocycles. The van der Waals surface area contributed by atoms with Gasteiger partial charge in [-0.1, -0.05) is 63.6 Å². The van der Waals surface area contributed by atoms with Crippen molar-refractivity contribution in [2.45, 2.75) is 53.7 Å². The van der Waals surface area contributed by atoms with E-state index >= 15 is 0 Å². The molecule has 4 aromatic carbocycles. The average molecular weight is 668 g/mol. The number of nitrogens with one attached hydrogen (secondary N) is 3. The van der Waals surface area contributed by atoms with Crippen LogP contribution in [0.2, 0.25) is 0 Å². The van der Waals surface area contributed by atoms with Gasteiger partial charge in [0.15, 0.2) is 0 Å². The molecule has 0 bridgehead atoms. The van der Waals surface area contributed by atoms with Gasteiger partial charge in [0.05, 0.1) is 42.9 Å². The van der Waals surface area contributed by atoms with Crippen LogP contribution in [0.1, 0.15) is 72.4 Å². The van der Waals surface area contributed by atoms with E-state index in [0.717, 1.165) is 24.0 Å². The SMILES string of the molecule is CCCCOc1cc(CNc2ccc(C(=O)OC)cc2OCc2ccccc2)ccc1NC(=O)c1ccc(NC(C)=O)c(OCC(C)C)c1. The number of hydrogen-bond acceptors (Lipinski definition) is 8. The molecule has 0 atom stereocenters. The number of carbonyl (C=O) groups is 3. The minimum absolute atomic E-state index is 0.232. The number of methoxy groups -OCH3 is 1. The van der Waals surface area contributed by atoms with Gasteiger partial charge in [0, 0.05) is 19.0 Å². The molecule has 0 saturated carbocycles. The Morgan fingerprint density at radius 2 is 1.37 bits per heavy atom. The van der Waals surface area contributed by atoms with Gasteiger partial charge < -0.3 is 34.9 Å². The fourth-order valence-electron chi connectivity index (χ4n) is 4.72. The number of esters is 1. The summed E-state index contributed by atoms with van der Waals surface area (Å²) >= 11 is 0. The van der Waals surface area contributed by atoms with Crippen molar-refractivity contribution in [3.63, 3.8) is 0 Å². The van der Waals surface area contributed by atoms with Gasteiger partial charge in [0.2, 0.25) is 5.91 Å². The number of ether oxygens (including phenoxy) is 4. The molecule has 3 N–H and O–H groups in total. The van der Waals surface area contributed by atoms with Crippen LogP contribution in [0.15, 0.2) is 84.9 Å². The molecule has 0 spiro atoms. The van der Waals surface area contributed by atoms with Gasteiger partial charge in [-0.25, -0.2) is 4.79 Å². The largest absolute Gasteiger partial charge is 0.491 e. The van der Waals surface area contributed by atoms with Crippen molar-refractivity contribution >= 4 is 34.8 Å². The van der Waals surface area contributed by atoms with Crippen molar-refractivity contribution in [2.24, 2.45) is 5.92 Å². The molecule has 0 aliphatic rings. The summed E-state index contributed by atoms with van der Waals surface area (Å²) < 4.78 is 23.1. The molecule has 4 rings (SSSR count). The highest BCUT2D eigenvalue weighted by Crippen LogP contribution is 2.32. The summed E-state index contributed by atoms with van der Waals surface area (Å²) in [6, 6.07) is 25.4. The fraction of sp³-hybridized carbons (Fsp3) is 0.308. The summed E-state index contributed by atoms with van der Waals surface area (Å²) in [5, 5.41) is 9.15. The van der Waals surface area contributed by atoms with Crippen molar-refractivity contribution in [3.8, 4) is 17.2 Å². The van der Waals surface area contributed by atoms with E-state index in [1.807, 2.05) is 62.4 Å². The second kappa shape index (κ2) is 18.1. The smallest absolute Gasteiger partial charge is 0.337 e. The Morgan fingerprint density at radius 3 is 2.08 bits per heavy atom. The third-order valence-electron chi connectivity index (χ3n) is 7.30. The molecular formula is C39H45N3O7. The third kappa shape index (κ3) is 11.0. The molecule has 0 aliphatic carbocycles.